The fourth-order valence-electron chi connectivity index (χ4n) is 2.53. The van der Waals surface area contributed by atoms with Crippen LogP contribution in [0.4, 0.5) is 4.79 Å². The number of fused-ring (bicyclic) bond motifs is 2. The van der Waals surface area contributed by atoms with Crippen molar-refractivity contribution in [1.29, 1.82) is 0 Å². The molecule has 5 heteroatoms. The second kappa shape index (κ2) is 3.23. The van der Waals surface area contributed by atoms with Crippen molar-refractivity contribution in [2.24, 2.45) is 5.92 Å². The molecule has 3 rings (SSSR count). The Morgan fingerprint density at radius 2 is 2.12 bits per heavy atom. The third kappa shape index (κ3) is 1.19. The predicted octanol–water partition coefficient (Wildman–Crippen LogP) is 0.750. The maximum atomic E-state index is 12.1. The minimum atomic E-state index is -0.980. The highest BCUT2D eigenvalue weighted by molar-refractivity contribution is 6.08. The normalized spacial score (nSPS) is 30.5. The summed E-state index contributed by atoms with van der Waals surface area (Å²) in [5, 5.41) is 5.05. The number of amides is 3. The summed E-state index contributed by atoms with van der Waals surface area (Å²) >= 11 is 0. The topological polar surface area (TPSA) is 67.4 Å². The molecule has 1 saturated heterocycles. The number of imide groups is 1. The lowest BCUT2D eigenvalue weighted by molar-refractivity contribution is -0.127. The number of carbonyl (C=O) groups is 2. The molecule has 17 heavy (non-hydrogen) atoms. The van der Waals surface area contributed by atoms with Gasteiger partial charge < -0.3 is 10.1 Å². The third-order valence-electron chi connectivity index (χ3n) is 3.44. The van der Waals surface area contributed by atoms with Crippen LogP contribution in [-0.4, -0.2) is 18.5 Å². The first-order chi connectivity index (χ1) is 8.14. The van der Waals surface area contributed by atoms with Gasteiger partial charge in [-0.05, 0) is 6.07 Å². The molecule has 0 aromatic heterocycles. The number of benzene rings is 1. The van der Waals surface area contributed by atoms with Crippen molar-refractivity contribution in [2.75, 3.05) is 6.61 Å². The molecule has 1 spiro atoms. The van der Waals surface area contributed by atoms with Crippen LogP contribution in [0.1, 0.15) is 12.5 Å². The molecule has 2 N–H and O–H groups in total. The largest absolute Gasteiger partial charge is 0.493 e. The number of ether oxygens (including phenoxy) is 1. The van der Waals surface area contributed by atoms with Crippen molar-refractivity contribution >= 4 is 11.9 Å². The van der Waals surface area contributed by atoms with E-state index in [1.54, 1.807) is 6.07 Å². The second-order valence-electron chi connectivity index (χ2n) is 4.42. The Kier molecular flexibility index (Phi) is 1.92. The van der Waals surface area contributed by atoms with E-state index in [0.29, 0.717) is 12.4 Å². The Morgan fingerprint density at radius 1 is 1.35 bits per heavy atom. The molecule has 2 aliphatic rings. The summed E-state index contributed by atoms with van der Waals surface area (Å²) < 4.78 is 5.57. The maximum Gasteiger partial charge on any atom is 0.322 e. The summed E-state index contributed by atoms with van der Waals surface area (Å²) in [5.74, 6) is 0.248. The molecule has 0 bridgehead atoms. The zero-order valence-corrected chi connectivity index (χ0v) is 9.32. The number of urea groups is 1. The minimum Gasteiger partial charge on any atom is -0.493 e. The highest BCUT2D eigenvalue weighted by Gasteiger charge is 2.54. The predicted molar refractivity (Wildman–Crippen MR) is 59.5 cm³/mol. The lowest BCUT2D eigenvalue weighted by atomic mass is 9.77. The highest BCUT2D eigenvalue weighted by atomic mass is 16.5. The van der Waals surface area contributed by atoms with Gasteiger partial charge in [-0.2, -0.15) is 0 Å². The Bertz CT molecular complexity index is 514. The average molecular weight is 232 g/mol. The van der Waals surface area contributed by atoms with E-state index in [2.05, 4.69) is 10.6 Å². The van der Waals surface area contributed by atoms with Crippen molar-refractivity contribution in [1.82, 2.24) is 10.6 Å². The van der Waals surface area contributed by atoms with Crippen LogP contribution < -0.4 is 15.4 Å². The number of hydrogen-bond donors (Lipinski definition) is 2. The Morgan fingerprint density at radius 3 is 2.82 bits per heavy atom. The zero-order valence-electron chi connectivity index (χ0n) is 9.32. The van der Waals surface area contributed by atoms with E-state index in [4.69, 9.17) is 4.74 Å². The van der Waals surface area contributed by atoms with Crippen LogP contribution in [0, 0.1) is 5.92 Å². The van der Waals surface area contributed by atoms with Crippen LogP contribution in [0.25, 0.3) is 0 Å². The summed E-state index contributed by atoms with van der Waals surface area (Å²) in [4.78, 5) is 23.5. The van der Waals surface area contributed by atoms with E-state index in [0.717, 1.165) is 5.56 Å². The lowest BCUT2D eigenvalue weighted by Crippen LogP contribution is -2.53. The van der Waals surface area contributed by atoms with Crippen LogP contribution >= 0.6 is 0 Å². The van der Waals surface area contributed by atoms with E-state index in [9.17, 15) is 9.59 Å². The standard InChI is InChI=1S/C12H12N2O3/c1-7-6-17-9-5-3-2-4-8(9)12(7)10(15)13-11(16)14-12/h2-5,7H,6H2,1H3,(H2,13,14,15,16). The Hall–Kier alpha value is -2.04. The SMILES string of the molecule is CC1COc2ccccc2C12NC(=O)NC2=O. The molecule has 2 aliphatic heterocycles. The van der Waals surface area contributed by atoms with Gasteiger partial charge in [0.1, 0.15) is 5.75 Å². The van der Waals surface area contributed by atoms with Crippen LogP contribution in [0.3, 0.4) is 0 Å². The third-order valence-corrected chi connectivity index (χ3v) is 3.44. The van der Waals surface area contributed by atoms with Gasteiger partial charge in [0.15, 0.2) is 5.54 Å². The van der Waals surface area contributed by atoms with Crippen molar-refractivity contribution in [3.05, 3.63) is 29.8 Å². The van der Waals surface area contributed by atoms with Crippen LogP contribution in [-0.2, 0) is 10.3 Å². The van der Waals surface area contributed by atoms with Gasteiger partial charge in [0.25, 0.3) is 5.91 Å². The smallest absolute Gasteiger partial charge is 0.322 e. The molecule has 88 valence electrons. The number of para-hydroxylation sites is 1. The number of carbonyl (C=O) groups excluding carboxylic acids is 2. The van der Waals surface area contributed by atoms with Gasteiger partial charge in [-0.3, -0.25) is 10.1 Å². The van der Waals surface area contributed by atoms with Crippen LogP contribution in [0.15, 0.2) is 24.3 Å². The van der Waals surface area contributed by atoms with Gasteiger partial charge in [-0.25, -0.2) is 4.79 Å². The summed E-state index contributed by atoms with van der Waals surface area (Å²) in [5.41, 5.74) is -0.256. The highest BCUT2D eigenvalue weighted by Crippen LogP contribution is 2.41. The fourth-order valence-corrected chi connectivity index (χ4v) is 2.53. The van der Waals surface area contributed by atoms with E-state index >= 15 is 0 Å². The molecule has 1 aromatic rings. The monoisotopic (exact) mass is 232 g/mol. The molecule has 2 atom stereocenters. The van der Waals surface area contributed by atoms with Crippen molar-refractivity contribution < 1.29 is 14.3 Å². The average Bonchev–Trinajstić information content (AvgIpc) is 2.61. The minimum absolute atomic E-state index is 0.108. The molecule has 3 amide bonds. The summed E-state index contributed by atoms with van der Waals surface area (Å²) in [6, 6.07) is 6.85. The zero-order chi connectivity index (χ0) is 12.0. The Labute approximate surface area is 98.1 Å². The van der Waals surface area contributed by atoms with Crippen molar-refractivity contribution in [2.45, 2.75) is 12.5 Å². The van der Waals surface area contributed by atoms with E-state index in [-0.39, 0.29) is 11.8 Å². The molecular formula is C12H12N2O3. The molecule has 2 unspecified atom stereocenters. The van der Waals surface area contributed by atoms with Gasteiger partial charge in [0.2, 0.25) is 0 Å². The lowest BCUT2D eigenvalue weighted by Gasteiger charge is -2.38. The number of rotatable bonds is 0. The molecule has 0 aliphatic carbocycles. The first kappa shape index (κ1) is 10.1. The van der Waals surface area contributed by atoms with Gasteiger partial charge in [-0.15, -0.1) is 0 Å². The quantitative estimate of drug-likeness (QED) is 0.649. The first-order valence-electron chi connectivity index (χ1n) is 5.50. The molecule has 2 heterocycles. The molecule has 1 aromatic carbocycles. The van der Waals surface area contributed by atoms with Crippen molar-refractivity contribution in [3.8, 4) is 5.75 Å². The van der Waals surface area contributed by atoms with Crippen molar-refractivity contribution in [3.63, 3.8) is 0 Å². The molecule has 0 saturated carbocycles. The molecular weight excluding hydrogens is 220 g/mol. The van der Waals surface area contributed by atoms with Crippen LogP contribution in [0.2, 0.25) is 0 Å². The van der Waals surface area contributed by atoms with E-state index < -0.39 is 11.6 Å². The van der Waals surface area contributed by atoms with Gasteiger partial charge in [-0.1, -0.05) is 25.1 Å². The number of nitrogens with one attached hydrogen (secondary N) is 2. The molecule has 5 nitrogen and oxygen atoms in total. The van der Waals surface area contributed by atoms with Crippen LogP contribution in [0.5, 0.6) is 5.75 Å². The second-order valence-corrected chi connectivity index (χ2v) is 4.42. The van der Waals surface area contributed by atoms with E-state index in [1.807, 2.05) is 25.1 Å². The summed E-state index contributed by atoms with van der Waals surface area (Å²) in [6.45, 7) is 2.30. The fraction of sp³-hybridized carbons (Fsp3) is 0.333. The van der Waals surface area contributed by atoms with Gasteiger partial charge >= 0.3 is 6.03 Å². The Balaban J connectivity index is 2.22. The van der Waals surface area contributed by atoms with Gasteiger partial charge in [0, 0.05) is 11.5 Å². The van der Waals surface area contributed by atoms with E-state index in [1.165, 1.54) is 0 Å². The number of hydrogen-bond acceptors (Lipinski definition) is 3. The molecule has 0 radical (unpaired) electrons. The van der Waals surface area contributed by atoms with Gasteiger partial charge in [0.05, 0.1) is 6.61 Å². The maximum absolute atomic E-state index is 12.1. The summed E-state index contributed by atoms with van der Waals surface area (Å²) in [6.07, 6.45) is 0. The molecule has 1 fully saturated rings. The first-order valence-corrected chi connectivity index (χ1v) is 5.50. The summed E-state index contributed by atoms with van der Waals surface area (Å²) in [7, 11) is 0.